The van der Waals surface area contributed by atoms with E-state index in [2.05, 4.69) is 4.74 Å². The molecule has 1 rings (SSSR count). The summed E-state index contributed by atoms with van der Waals surface area (Å²) < 4.78 is 4.38. The first-order chi connectivity index (χ1) is 5.74. The minimum Gasteiger partial charge on any atom is -0.466 e. The van der Waals surface area contributed by atoms with Crippen LogP contribution >= 0.6 is 0 Å². The van der Waals surface area contributed by atoms with Crippen molar-refractivity contribution in [3.05, 3.63) is 12.3 Å². The second-order valence-electron chi connectivity index (χ2n) is 2.53. The van der Waals surface area contributed by atoms with Crippen LogP contribution in [0, 0.1) is 0 Å². The molecule has 0 aromatic heterocycles. The number of likely N-dealkylation sites (tertiary alicyclic amines) is 1. The predicted molar refractivity (Wildman–Crippen MR) is 42.1 cm³/mol. The number of hydrogen-bond acceptors (Lipinski definition) is 3. The van der Waals surface area contributed by atoms with Crippen LogP contribution in [0.1, 0.15) is 12.8 Å². The monoisotopic (exact) mass is 169 g/mol. The lowest BCUT2D eigenvalue weighted by Crippen LogP contribution is -2.17. The fourth-order valence-electron chi connectivity index (χ4n) is 1.05. The van der Waals surface area contributed by atoms with Gasteiger partial charge in [-0.05, 0) is 6.42 Å². The van der Waals surface area contributed by atoms with Crippen LogP contribution in [0.3, 0.4) is 0 Å². The molecule has 1 aliphatic heterocycles. The molecule has 0 bridgehead atoms. The van der Waals surface area contributed by atoms with Crippen LogP contribution in [0.2, 0.25) is 0 Å². The van der Waals surface area contributed by atoms with Crippen LogP contribution in [0.4, 0.5) is 0 Å². The maximum Gasteiger partial charge on any atom is 0.331 e. The van der Waals surface area contributed by atoms with Crippen molar-refractivity contribution in [3.8, 4) is 0 Å². The summed E-state index contributed by atoms with van der Waals surface area (Å²) >= 11 is 0. The number of ether oxygens (including phenoxy) is 1. The highest BCUT2D eigenvalue weighted by molar-refractivity contribution is 5.84. The Hall–Kier alpha value is -1.32. The van der Waals surface area contributed by atoms with Crippen LogP contribution in [0.25, 0.3) is 0 Å². The average molecular weight is 169 g/mol. The fourth-order valence-corrected chi connectivity index (χ4v) is 1.05. The van der Waals surface area contributed by atoms with Gasteiger partial charge < -0.3 is 9.64 Å². The summed E-state index contributed by atoms with van der Waals surface area (Å²) in [6.45, 7) is 0.701. The lowest BCUT2D eigenvalue weighted by Gasteiger charge is -2.07. The maximum atomic E-state index is 11.0. The van der Waals surface area contributed by atoms with Crippen LogP contribution in [0.15, 0.2) is 12.3 Å². The molecule has 1 heterocycles. The Kier molecular flexibility index (Phi) is 2.85. The summed E-state index contributed by atoms with van der Waals surface area (Å²) in [5, 5.41) is 0. The van der Waals surface area contributed by atoms with E-state index in [1.54, 1.807) is 0 Å². The third kappa shape index (κ3) is 2.08. The molecule has 12 heavy (non-hydrogen) atoms. The van der Waals surface area contributed by atoms with Crippen LogP contribution < -0.4 is 0 Å². The molecule has 0 spiro atoms. The molecule has 1 aliphatic rings. The first kappa shape index (κ1) is 8.77. The summed E-state index contributed by atoms with van der Waals surface area (Å²) in [7, 11) is 1.30. The molecular formula is C8H11NO3. The van der Waals surface area contributed by atoms with E-state index in [1.165, 1.54) is 24.3 Å². The quantitative estimate of drug-likeness (QED) is 0.441. The maximum absolute atomic E-state index is 11.0. The molecule has 0 N–H and O–H groups in total. The van der Waals surface area contributed by atoms with Gasteiger partial charge in [0.1, 0.15) is 0 Å². The Morgan fingerprint density at radius 2 is 2.42 bits per heavy atom. The number of nitrogens with zero attached hydrogens (tertiary/aromatic N) is 1. The number of methoxy groups -OCH3 is 1. The average Bonchev–Trinajstić information content (AvgIpc) is 2.47. The van der Waals surface area contributed by atoms with Crippen molar-refractivity contribution in [2.75, 3.05) is 13.7 Å². The summed E-state index contributed by atoms with van der Waals surface area (Å²) in [5.41, 5.74) is 0. The summed E-state index contributed by atoms with van der Waals surface area (Å²) in [6, 6.07) is 0. The van der Waals surface area contributed by atoms with Gasteiger partial charge in [-0.3, -0.25) is 4.79 Å². The Morgan fingerprint density at radius 3 is 2.92 bits per heavy atom. The molecule has 0 unspecified atom stereocenters. The summed E-state index contributed by atoms with van der Waals surface area (Å²) in [4.78, 5) is 23.2. The van der Waals surface area contributed by atoms with Gasteiger partial charge in [-0.25, -0.2) is 4.79 Å². The van der Waals surface area contributed by atoms with Gasteiger partial charge in [0.15, 0.2) is 0 Å². The van der Waals surface area contributed by atoms with E-state index in [-0.39, 0.29) is 5.91 Å². The van der Waals surface area contributed by atoms with Crippen molar-refractivity contribution in [2.45, 2.75) is 12.8 Å². The third-order valence-electron chi connectivity index (χ3n) is 1.70. The smallest absolute Gasteiger partial charge is 0.331 e. The largest absolute Gasteiger partial charge is 0.466 e. The minimum absolute atomic E-state index is 0.0650. The molecule has 4 heteroatoms. The Morgan fingerprint density at radius 1 is 1.67 bits per heavy atom. The molecule has 0 atom stereocenters. The predicted octanol–water partition coefficient (Wildman–Crippen LogP) is 0.295. The standard InChI is InChI=1S/C8H11NO3/c1-12-8(11)4-6-9-5-2-3-7(9)10/h4,6H,2-3,5H2,1H3/b6-4-. The second kappa shape index (κ2) is 3.90. The zero-order valence-corrected chi connectivity index (χ0v) is 6.95. The van der Waals surface area contributed by atoms with E-state index in [0.29, 0.717) is 13.0 Å². The normalized spacial score (nSPS) is 17.4. The van der Waals surface area contributed by atoms with Gasteiger partial charge >= 0.3 is 5.97 Å². The Balaban J connectivity index is 2.44. The van der Waals surface area contributed by atoms with E-state index >= 15 is 0 Å². The number of amides is 1. The van der Waals surface area contributed by atoms with Crippen LogP contribution in [0.5, 0.6) is 0 Å². The summed E-state index contributed by atoms with van der Waals surface area (Å²) in [5.74, 6) is -0.371. The zero-order chi connectivity index (χ0) is 8.97. The van der Waals surface area contributed by atoms with E-state index in [1.807, 2.05) is 0 Å². The van der Waals surface area contributed by atoms with E-state index in [4.69, 9.17) is 0 Å². The van der Waals surface area contributed by atoms with E-state index in [0.717, 1.165) is 6.42 Å². The van der Waals surface area contributed by atoms with Crippen molar-refractivity contribution in [1.82, 2.24) is 4.90 Å². The first-order valence-electron chi connectivity index (χ1n) is 3.79. The lowest BCUT2D eigenvalue weighted by molar-refractivity contribution is -0.134. The topological polar surface area (TPSA) is 46.6 Å². The van der Waals surface area contributed by atoms with Crippen molar-refractivity contribution in [2.24, 2.45) is 0 Å². The molecule has 0 aromatic rings. The molecule has 0 radical (unpaired) electrons. The lowest BCUT2D eigenvalue weighted by atomic mass is 10.4. The van der Waals surface area contributed by atoms with Crippen molar-refractivity contribution in [1.29, 1.82) is 0 Å². The summed E-state index contributed by atoms with van der Waals surface area (Å²) in [6.07, 6.45) is 4.17. The first-order valence-corrected chi connectivity index (χ1v) is 3.79. The number of carbonyl (C=O) groups is 2. The number of carbonyl (C=O) groups excluding carboxylic acids is 2. The molecule has 1 saturated heterocycles. The van der Waals surface area contributed by atoms with E-state index < -0.39 is 5.97 Å². The van der Waals surface area contributed by atoms with Crippen LogP contribution in [-0.4, -0.2) is 30.4 Å². The highest BCUT2D eigenvalue weighted by Crippen LogP contribution is 2.09. The van der Waals surface area contributed by atoms with Gasteiger partial charge in [0, 0.05) is 25.2 Å². The third-order valence-corrected chi connectivity index (χ3v) is 1.70. The van der Waals surface area contributed by atoms with Crippen LogP contribution in [-0.2, 0) is 14.3 Å². The second-order valence-corrected chi connectivity index (χ2v) is 2.53. The molecule has 0 aliphatic carbocycles. The number of esters is 1. The number of hydrogen-bond donors (Lipinski definition) is 0. The highest BCUT2D eigenvalue weighted by Gasteiger charge is 2.17. The molecular weight excluding hydrogens is 158 g/mol. The molecule has 1 fully saturated rings. The van der Waals surface area contributed by atoms with E-state index in [9.17, 15) is 9.59 Å². The Labute approximate surface area is 70.8 Å². The van der Waals surface area contributed by atoms with Crippen molar-refractivity contribution in [3.63, 3.8) is 0 Å². The van der Waals surface area contributed by atoms with Crippen molar-refractivity contribution >= 4 is 11.9 Å². The van der Waals surface area contributed by atoms with Gasteiger partial charge in [0.2, 0.25) is 5.91 Å². The van der Waals surface area contributed by atoms with Gasteiger partial charge in [-0.2, -0.15) is 0 Å². The highest BCUT2D eigenvalue weighted by atomic mass is 16.5. The van der Waals surface area contributed by atoms with Gasteiger partial charge in [0.05, 0.1) is 7.11 Å². The SMILES string of the molecule is COC(=O)/C=C\N1CCCC1=O. The minimum atomic E-state index is -0.435. The van der Waals surface area contributed by atoms with Crippen molar-refractivity contribution < 1.29 is 14.3 Å². The fraction of sp³-hybridized carbons (Fsp3) is 0.500. The molecule has 1 amide bonds. The number of rotatable bonds is 2. The molecule has 66 valence electrons. The molecule has 0 saturated carbocycles. The molecule has 4 nitrogen and oxygen atoms in total. The molecule has 0 aromatic carbocycles. The zero-order valence-electron chi connectivity index (χ0n) is 6.95. The van der Waals surface area contributed by atoms with Gasteiger partial charge in [0.25, 0.3) is 0 Å². The Bertz CT molecular complexity index is 222. The van der Waals surface area contributed by atoms with Gasteiger partial charge in [-0.15, -0.1) is 0 Å². The van der Waals surface area contributed by atoms with Gasteiger partial charge in [-0.1, -0.05) is 0 Å².